The molecule has 1 amide bonds. The van der Waals surface area contributed by atoms with Crippen LogP contribution in [-0.4, -0.2) is 55.3 Å². The van der Waals surface area contributed by atoms with Gasteiger partial charge >= 0.3 is 12.1 Å². The van der Waals surface area contributed by atoms with E-state index in [1.807, 2.05) is 24.3 Å². The zero-order chi connectivity index (χ0) is 29.6. The number of alkyl halides is 3. The van der Waals surface area contributed by atoms with Crippen LogP contribution >= 0.6 is 0 Å². The lowest BCUT2D eigenvalue weighted by Crippen LogP contribution is -2.50. The first-order valence-electron chi connectivity index (χ1n) is 11.8. The summed E-state index contributed by atoms with van der Waals surface area (Å²) in [6.45, 7) is 0.780. The van der Waals surface area contributed by atoms with Gasteiger partial charge in [-0.3, -0.25) is 4.79 Å². The van der Waals surface area contributed by atoms with Crippen LogP contribution in [0.4, 0.5) is 13.2 Å². The van der Waals surface area contributed by atoms with Crippen LogP contribution in [-0.2, 0) is 30.9 Å². The van der Waals surface area contributed by atoms with E-state index in [4.69, 9.17) is 15.7 Å². The molecule has 2 aromatic rings. The van der Waals surface area contributed by atoms with Crippen molar-refractivity contribution in [3.63, 3.8) is 0 Å². The number of carbonyl (C=O) groups is 2. The van der Waals surface area contributed by atoms with Crippen LogP contribution in [0.5, 0.6) is 0 Å². The van der Waals surface area contributed by atoms with E-state index >= 15 is 0 Å². The molecule has 1 aliphatic carbocycles. The number of hydrogen-bond acceptors (Lipinski definition) is 7. The topological polar surface area (TPSA) is 169 Å². The van der Waals surface area contributed by atoms with Crippen LogP contribution in [0.2, 0.25) is 0 Å². The maximum absolute atomic E-state index is 13.6. The van der Waals surface area contributed by atoms with Crippen molar-refractivity contribution in [1.82, 2.24) is 9.62 Å². The van der Waals surface area contributed by atoms with E-state index in [0.29, 0.717) is 29.8 Å². The van der Waals surface area contributed by atoms with E-state index in [2.05, 4.69) is 9.82 Å². The van der Waals surface area contributed by atoms with Gasteiger partial charge in [0.25, 0.3) is 0 Å². The first-order valence-corrected chi connectivity index (χ1v) is 13.2. The smallest absolute Gasteiger partial charge is 0.490 e. The number of nitrogens with zero attached hydrogens (tertiary/aromatic N) is 3. The number of carboxylic acid groups (broad SMARTS) is 1. The summed E-state index contributed by atoms with van der Waals surface area (Å²) >= 11 is 0. The predicted molar refractivity (Wildman–Crippen MR) is 138 cm³/mol. The Hall–Kier alpha value is -4.24. The third kappa shape index (κ3) is 7.04. The molecule has 1 aromatic carbocycles. The van der Waals surface area contributed by atoms with E-state index in [9.17, 15) is 31.6 Å². The van der Waals surface area contributed by atoms with Gasteiger partial charge in [-0.05, 0) is 36.1 Å². The number of allylic oxidation sites excluding steroid dienone is 3. The Morgan fingerprint density at radius 2 is 2.02 bits per heavy atom. The lowest BCUT2D eigenvalue weighted by Gasteiger charge is -2.31. The fourth-order valence-electron chi connectivity index (χ4n) is 4.25. The minimum absolute atomic E-state index is 0.156. The summed E-state index contributed by atoms with van der Waals surface area (Å²) in [5.74, 6) is 2.17. The molecule has 1 fully saturated rings. The summed E-state index contributed by atoms with van der Waals surface area (Å²) in [4.78, 5) is 23.6. The van der Waals surface area contributed by atoms with Crippen LogP contribution in [0.1, 0.15) is 29.5 Å². The number of rotatable bonds is 7. The Balaban J connectivity index is 0.000000559. The Morgan fingerprint density at radius 1 is 1.30 bits per heavy atom. The molecule has 11 nitrogen and oxygen atoms in total. The molecule has 0 bridgehead atoms. The largest absolute Gasteiger partial charge is 0.619 e. The Kier molecular flexibility index (Phi) is 9.32. The lowest BCUT2D eigenvalue weighted by atomic mass is 9.93. The second-order valence-corrected chi connectivity index (χ2v) is 10.9. The third-order valence-electron chi connectivity index (χ3n) is 6.16. The molecule has 2 aliphatic rings. The number of likely N-dealkylation sites (tertiary alicyclic amines) is 1. The van der Waals surface area contributed by atoms with Gasteiger partial charge in [-0.25, -0.2) is 17.9 Å². The van der Waals surface area contributed by atoms with Gasteiger partial charge in [0, 0.05) is 24.7 Å². The highest BCUT2D eigenvalue weighted by molar-refractivity contribution is 7.90. The highest BCUT2D eigenvalue weighted by atomic mass is 32.2. The monoisotopic (exact) mass is 581 g/mol. The van der Waals surface area contributed by atoms with Crippen LogP contribution in [0.15, 0.2) is 78.2 Å². The summed E-state index contributed by atoms with van der Waals surface area (Å²) < 4.78 is 60.7. The van der Waals surface area contributed by atoms with Crippen molar-refractivity contribution in [3.05, 3.63) is 95.0 Å². The minimum Gasteiger partial charge on any atom is -0.619 e. The summed E-state index contributed by atoms with van der Waals surface area (Å²) in [5.41, 5.74) is 2.05. The number of sulfonamides is 1. The van der Waals surface area contributed by atoms with E-state index in [1.54, 1.807) is 35.3 Å². The van der Waals surface area contributed by atoms with Crippen LogP contribution in [0.25, 0.3) is 0 Å². The number of halogens is 3. The van der Waals surface area contributed by atoms with Gasteiger partial charge in [0.05, 0.1) is 6.21 Å². The molecule has 0 spiro atoms. The molecule has 1 aliphatic heterocycles. The highest BCUT2D eigenvalue weighted by Crippen LogP contribution is 2.37. The molecule has 1 unspecified atom stereocenters. The second-order valence-electron chi connectivity index (χ2n) is 8.88. The average molecular weight is 582 g/mol. The van der Waals surface area contributed by atoms with Gasteiger partial charge in [-0.15, -0.1) is 0 Å². The van der Waals surface area contributed by atoms with Crippen molar-refractivity contribution < 1.29 is 41.0 Å². The van der Waals surface area contributed by atoms with Crippen molar-refractivity contribution in [3.8, 4) is 0 Å². The molecule has 214 valence electrons. The molecule has 1 saturated heterocycles. The van der Waals surface area contributed by atoms with Crippen molar-refractivity contribution in [2.24, 2.45) is 10.9 Å². The number of aliphatic carboxylic acids is 1. The molecular weight excluding hydrogens is 555 g/mol. The molecule has 1 aromatic heterocycles. The Morgan fingerprint density at radius 3 is 2.62 bits per heavy atom. The first-order chi connectivity index (χ1) is 18.8. The van der Waals surface area contributed by atoms with Gasteiger partial charge in [0.15, 0.2) is 12.4 Å². The van der Waals surface area contributed by atoms with E-state index in [-0.39, 0.29) is 12.3 Å². The minimum atomic E-state index is -5.08. The SMILES string of the molecule is NN=Cc1cccc(CN2CC[C@H](NS(=O)(=O)C3(c4ccc[n+]([O-])c4)C=CC=CC3)C2=O)c1.O=C(O)C(F)(F)F. The number of hydrogen-bond donors (Lipinski definition) is 3. The van der Waals surface area contributed by atoms with E-state index in [0.717, 1.165) is 11.1 Å². The molecule has 4 N–H and O–H groups in total. The summed E-state index contributed by atoms with van der Waals surface area (Å²) in [5, 5.41) is 22.5. The van der Waals surface area contributed by atoms with Crippen molar-refractivity contribution in [2.45, 2.75) is 36.4 Å². The van der Waals surface area contributed by atoms with Crippen molar-refractivity contribution in [2.75, 3.05) is 6.54 Å². The Labute approximate surface area is 227 Å². The maximum atomic E-state index is 13.6. The fourth-order valence-corrected chi connectivity index (χ4v) is 6.06. The molecule has 4 rings (SSSR count). The van der Waals surface area contributed by atoms with Gasteiger partial charge < -0.3 is 21.1 Å². The zero-order valence-corrected chi connectivity index (χ0v) is 21.7. The quantitative estimate of drug-likeness (QED) is 0.147. The normalized spacial score (nSPS) is 20.9. The molecular formula is C25H26F3N5O6S. The number of aromatic nitrogens is 1. The second kappa shape index (κ2) is 12.3. The molecule has 0 saturated carbocycles. The van der Waals surface area contributed by atoms with E-state index < -0.39 is 33.0 Å². The summed E-state index contributed by atoms with van der Waals surface area (Å²) in [6.07, 6.45) is 6.20. The lowest BCUT2D eigenvalue weighted by molar-refractivity contribution is -0.606. The maximum Gasteiger partial charge on any atom is 0.490 e. The molecule has 40 heavy (non-hydrogen) atoms. The molecule has 0 radical (unpaired) electrons. The zero-order valence-electron chi connectivity index (χ0n) is 20.9. The van der Waals surface area contributed by atoms with Gasteiger partial charge in [-0.2, -0.15) is 23.0 Å². The average Bonchev–Trinajstić information content (AvgIpc) is 3.22. The summed E-state index contributed by atoms with van der Waals surface area (Å²) in [7, 11) is -4.06. The van der Waals surface area contributed by atoms with Gasteiger partial charge in [-0.1, -0.05) is 42.5 Å². The number of hydrazone groups is 1. The van der Waals surface area contributed by atoms with Crippen molar-refractivity contribution >= 4 is 28.1 Å². The molecule has 2 atom stereocenters. The standard InChI is InChI=1S/C23H25N5O4S.C2HF3O2/c24-25-15-18-6-4-7-19(14-18)16-27-13-9-21(22(27)29)26-33(31,32)23(10-2-1-3-11-23)20-8-5-12-28(30)17-20;3-2(4,5)1(6)7/h1-8,10,12,14-15,17,21,26H,9,11,13,16,24H2;(H,6,7)/t21-,23?;/m0./s1. The number of pyridine rings is 1. The number of carboxylic acids is 1. The Bertz CT molecular complexity index is 1440. The number of amides is 1. The first kappa shape index (κ1) is 30.3. The van der Waals surface area contributed by atoms with E-state index in [1.165, 1.54) is 24.7 Å². The number of nitrogens with one attached hydrogen (secondary N) is 1. The van der Waals surface area contributed by atoms with Crippen LogP contribution in [0, 0.1) is 5.21 Å². The predicted octanol–water partition coefficient (Wildman–Crippen LogP) is 1.68. The number of nitrogens with two attached hydrogens (primary N) is 1. The van der Waals surface area contributed by atoms with Crippen LogP contribution in [0.3, 0.4) is 0 Å². The van der Waals surface area contributed by atoms with Crippen molar-refractivity contribution in [1.29, 1.82) is 0 Å². The third-order valence-corrected chi connectivity index (χ3v) is 8.25. The van der Waals surface area contributed by atoms with Gasteiger partial charge in [0.2, 0.25) is 15.9 Å². The molecule has 2 heterocycles. The molecule has 15 heteroatoms. The fraction of sp³-hybridized carbons (Fsp3) is 0.280. The highest BCUT2D eigenvalue weighted by Gasteiger charge is 2.47. The number of carbonyl (C=O) groups excluding carboxylic acids is 1. The van der Waals surface area contributed by atoms with Gasteiger partial charge in [0.1, 0.15) is 10.8 Å². The van der Waals surface area contributed by atoms with Crippen LogP contribution < -0.4 is 15.3 Å². The number of benzene rings is 1. The summed E-state index contributed by atoms with van der Waals surface area (Å²) in [6, 6.07) is 9.71.